The van der Waals surface area contributed by atoms with Crippen LogP contribution in [0.5, 0.6) is 5.75 Å². The summed E-state index contributed by atoms with van der Waals surface area (Å²) in [6, 6.07) is 5.65. The Kier molecular flexibility index (Phi) is 11.0. The highest BCUT2D eigenvalue weighted by atomic mass is 35.5. The molecular weight excluding hydrogens is 415 g/mol. The molecule has 2 N–H and O–H groups in total. The second kappa shape index (κ2) is 12.7. The first-order valence-electron chi connectivity index (χ1n) is 9.35. The maximum Gasteiger partial charge on any atom is 0.251 e. The summed E-state index contributed by atoms with van der Waals surface area (Å²) in [5.74, 6) is 1.34. The van der Waals surface area contributed by atoms with Gasteiger partial charge in [-0.3, -0.25) is 4.79 Å². The van der Waals surface area contributed by atoms with Crippen LogP contribution in [0.3, 0.4) is 0 Å². The third-order valence-corrected chi connectivity index (χ3v) is 4.98. The minimum atomic E-state index is -0.0945. The minimum Gasteiger partial charge on any atom is -0.496 e. The molecule has 1 amide bonds. The van der Waals surface area contributed by atoms with Gasteiger partial charge in [-0.2, -0.15) is 0 Å². The maximum absolute atomic E-state index is 12.6. The molecule has 3 rings (SSSR count). The average molecular weight is 445 g/mol. The zero-order valence-electron chi connectivity index (χ0n) is 16.8. The predicted octanol–water partition coefficient (Wildman–Crippen LogP) is 2.46. The molecule has 29 heavy (non-hydrogen) atoms. The molecule has 1 saturated heterocycles. The number of halogens is 2. The van der Waals surface area contributed by atoms with Gasteiger partial charge in [0.1, 0.15) is 5.75 Å². The molecule has 1 aliphatic rings. The molecule has 9 heteroatoms. The highest BCUT2D eigenvalue weighted by Gasteiger charge is 2.18. The van der Waals surface area contributed by atoms with Crippen molar-refractivity contribution in [2.24, 2.45) is 5.92 Å². The van der Waals surface area contributed by atoms with Gasteiger partial charge in [0.25, 0.3) is 5.91 Å². The van der Waals surface area contributed by atoms with Gasteiger partial charge in [-0.1, -0.05) is 0 Å². The van der Waals surface area contributed by atoms with Gasteiger partial charge in [-0.05, 0) is 55.6 Å². The Labute approximate surface area is 184 Å². The fourth-order valence-electron chi connectivity index (χ4n) is 3.44. The topological polar surface area (TPSA) is 77.4 Å². The lowest BCUT2D eigenvalue weighted by Crippen LogP contribution is -2.24. The van der Waals surface area contributed by atoms with Gasteiger partial charge in [0.15, 0.2) is 0 Å². The molecular formula is C20H30Cl2N4O3. The third-order valence-electron chi connectivity index (χ3n) is 4.98. The Morgan fingerprint density at radius 3 is 2.86 bits per heavy atom. The van der Waals surface area contributed by atoms with E-state index < -0.39 is 0 Å². The molecule has 1 unspecified atom stereocenters. The molecule has 2 aromatic rings. The summed E-state index contributed by atoms with van der Waals surface area (Å²) in [4.78, 5) is 16.8. The molecule has 0 aliphatic carbocycles. The molecule has 0 radical (unpaired) electrons. The van der Waals surface area contributed by atoms with Crippen molar-refractivity contribution >= 4 is 30.7 Å². The minimum absolute atomic E-state index is 0. The Balaban J connectivity index is 0.00000210. The van der Waals surface area contributed by atoms with E-state index in [1.165, 1.54) is 0 Å². The van der Waals surface area contributed by atoms with Crippen molar-refractivity contribution in [1.29, 1.82) is 0 Å². The number of carbonyl (C=O) groups excluding carboxylic acids is 1. The summed E-state index contributed by atoms with van der Waals surface area (Å²) < 4.78 is 12.6. The Morgan fingerprint density at radius 1 is 1.34 bits per heavy atom. The van der Waals surface area contributed by atoms with Gasteiger partial charge in [0.2, 0.25) is 0 Å². The number of methoxy groups -OCH3 is 2. The number of hydrogen-bond donors (Lipinski definition) is 2. The first-order chi connectivity index (χ1) is 13.2. The zero-order valence-corrected chi connectivity index (χ0v) is 18.5. The van der Waals surface area contributed by atoms with Crippen molar-refractivity contribution in [2.45, 2.75) is 25.9 Å². The molecule has 2 heterocycles. The molecule has 0 saturated carbocycles. The van der Waals surface area contributed by atoms with Crippen LogP contribution in [0.4, 0.5) is 0 Å². The van der Waals surface area contributed by atoms with Gasteiger partial charge < -0.3 is 24.7 Å². The molecule has 0 spiro atoms. The van der Waals surface area contributed by atoms with E-state index in [1.807, 2.05) is 22.8 Å². The van der Waals surface area contributed by atoms with Gasteiger partial charge in [0.05, 0.1) is 32.3 Å². The van der Waals surface area contributed by atoms with E-state index in [0.29, 0.717) is 31.2 Å². The summed E-state index contributed by atoms with van der Waals surface area (Å²) in [7, 11) is 3.34. The Morgan fingerprint density at radius 2 is 2.17 bits per heavy atom. The normalized spacial score (nSPS) is 15.3. The quantitative estimate of drug-likeness (QED) is 0.620. The van der Waals surface area contributed by atoms with Crippen LogP contribution in [0.15, 0.2) is 30.7 Å². The van der Waals surface area contributed by atoms with Crippen LogP contribution < -0.4 is 15.4 Å². The van der Waals surface area contributed by atoms with E-state index in [1.54, 1.807) is 26.7 Å². The number of ether oxygens (including phenoxy) is 2. The molecule has 1 aromatic heterocycles. The maximum atomic E-state index is 12.6. The van der Waals surface area contributed by atoms with Gasteiger partial charge in [-0.25, -0.2) is 4.98 Å². The van der Waals surface area contributed by atoms with Crippen LogP contribution in [0.1, 0.15) is 28.0 Å². The lowest BCUT2D eigenvalue weighted by atomic mass is 9.96. The number of aromatic nitrogens is 2. The summed E-state index contributed by atoms with van der Waals surface area (Å²) >= 11 is 0. The van der Waals surface area contributed by atoms with Crippen LogP contribution in [-0.4, -0.2) is 49.4 Å². The van der Waals surface area contributed by atoms with Crippen LogP contribution >= 0.6 is 24.8 Å². The van der Waals surface area contributed by atoms with Crippen LogP contribution in [0, 0.1) is 5.92 Å². The van der Waals surface area contributed by atoms with Gasteiger partial charge in [0, 0.05) is 25.4 Å². The van der Waals surface area contributed by atoms with E-state index in [9.17, 15) is 4.79 Å². The Bertz CT molecular complexity index is 764. The summed E-state index contributed by atoms with van der Waals surface area (Å²) in [5, 5.41) is 6.37. The number of rotatable bonds is 9. The fraction of sp³-hybridized carbons (Fsp3) is 0.500. The van der Waals surface area contributed by atoms with E-state index >= 15 is 0 Å². The summed E-state index contributed by atoms with van der Waals surface area (Å²) in [5.41, 5.74) is 2.69. The predicted molar refractivity (Wildman–Crippen MR) is 117 cm³/mol. The molecule has 1 fully saturated rings. The molecule has 0 bridgehead atoms. The largest absolute Gasteiger partial charge is 0.496 e. The first kappa shape index (κ1) is 25.2. The van der Waals surface area contributed by atoms with Crippen molar-refractivity contribution in [3.63, 3.8) is 0 Å². The van der Waals surface area contributed by atoms with Crippen molar-refractivity contribution in [1.82, 2.24) is 20.2 Å². The third kappa shape index (κ3) is 6.89. The molecule has 1 atom stereocenters. The van der Waals surface area contributed by atoms with Gasteiger partial charge >= 0.3 is 0 Å². The average Bonchev–Trinajstić information content (AvgIpc) is 3.36. The molecule has 1 aromatic carbocycles. The van der Waals surface area contributed by atoms with Gasteiger partial charge in [-0.15, -0.1) is 24.8 Å². The number of hydrogen-bond acceptors (Lipinski definition) is 5. The fourth-order valence-corrected chi connectivity index (χ4v) is 3.44. The molecule has 1 aliphatic heterocycles. The van der Waals surface area contributed by atoms with Crippen molar-refractivity contribution in [3.05, 3.63) is 47.5 Å². The van der Waals surface area contributed by atoms with Crippen molar-refractivity contribution in [2.75, 3.05) is 33.9 Å². The Hall–Kier alpha value is -1.80. The van der Waals surface area contributed by atoms with E-state index in [-0.39, 0.29) is 30.7 Å². The number of nitrogens with one attached hydrogen (secondary N) is 2. The first-order valence-corrected chi connectivity index (χ1v) is 9.35. The number of nitrogens with zero attached hydrogens (tertiary/aromatic N) is 2. The van der Waals surface area contributed by atoms with E-state index in [0.717, 1.165) is 42.9 Å². The van der Waals surface area contributed by atoms with E-state index in [2.05, 4.69) is 15.6 Å². The number of benzene rings is 1. The SMILES string of the molecule is COCCn1cncc1CNC(=O)c1ccc(OC)c(CC2CCNC2)c1.Cl.Cl. The van der Waals surface area contributed by atoms with Crippen LogP contribution in [0.2, 0.25) is 0 Å². The number of imidazole rings is 1. The lowest BCUT2D eigenvalue weighted by Gasteiger charge is -2.14. The number of carbonyl (C=O) groups is 1. The number of amides is 1. The van der Waals surface area contributed by atoms with Crippen molar-refractivity contribution < 1.29 is 14.3 Å². The molecule has 7 nitrogen and oxygen atoms in total. The molecule has 162 valence electrons. The van der Waals surface area contributed by atoms with E-state index in [4.69, 9.17) is 9.47 Å². The zero-order chi connectivity index (χ0) is 19.1. The second-order valence-corrected chi connectivity index (χ2v) is 6.84. The lowest BCUT2D eigenvalue weighted by molar-refractivity contribution is 0.0949. The van der Waals surface area contributed by atoms with Crippen LogP contribution in [0.25, 0.3) is 0 Å². The standard InChI is InChI=1S/C20H28N4O3.2ClH/c1-26-8-7-24-14-22-12-18(24)13-23-20(25)16-3-4-19(27-2)17(10-16)9-15-5-6-21-11-15;;/h3-4,10,12,14-15,21H,5-9,11,13H2,1-2H3,(H,23,25);2*1H. The van der Waals surface area contributed by atoms with Crippen LogP contribution in [-0.2, 0) is 24.2 Å². The summed E-state index contributed by atoms with van der Waals surface area (Å²) in [6.07, 6.45) is 5.59. The highest BCUT2D eigenvalue weighted by Crippen LogP contribution is 2.25. The summed E-state index contributed by atoms with van der Waals surface area (Å²) in [6.45, 7) is 3.82. The highest BCUT2D eigenvalue weighted by molar-refractivity contribution is 5.94. The monoisotopic (exact) mass is 444 g/mol. The van der Waals surface area contributed by atoms with Crippen molar-refractivity contribution in [3.8, 4) is 5.75 Å². The smallest absolute Gasteiger partial charge is 0.251 e. The second-order valence-electron chi connectivity index (χ2n) is 6.84.